The Hall–Kier alpha value is -3.75. The summed E-state index contributed by atoms with van der Waals surface area (Å²) in [5.41, 5.74) is 3.48. The SMILES string of the molecule is O=C(NNC(=O)c1ccccc1C(=O)O)c1cccc([N+](=O)[O-])c1. The number of hydrogen-bond donors (Lipinski definition) is 3. The lowest BCUT2D eigenvalue weighted by Gasteiger charge is -2.09. The summed E-state index contributed by atoms with van der Waals surface area (Å²) in [5, 5.41) is 19.7. The number of nitro benzene ring substituents is 1. The van der Waals surface area contributed by atoms with Gasteiger partial charge in [-0.2, -0.15) is 0 Å². The minimum absolute atomic E-state index is 0.0315. The summed E-state index contributed by atoms with van der Waals surface area (Å²) in [6, 6.07) is 10.4. The average molecular weight is 329 g/mol. The number of carbonyl (C=O) groups excluding carboxylic acids is 2. The first-order valence-corrected chi connectivity index (χ1v) is 6.57. The van der Waals surface area contributed by atoms with Crippen LogP contribution in [0.3, 0.4) is 0 Å². The van der Waals surface area contributed by atoms with Gasteiger partial charge in [0, 0.05) is 17.7 Å². The highest BCUT2D eigenvalue weighted by Crippen LogP contribution is 2.13. The number of nitro groups is 1. The number of carboxylic acid groups (broad SMARTS) is 1. The van der Waals surface area contributed by atoms with E-state index in [0.29, 0.717) is 0 Å². The summed E-state index contributed by atoms with van der Waals surface area (Å²) in [6.45, 7) is 0. The first-order valence-electron chi connectivity index (χ1n) is 6.57. The zero-order valence-corrected chi connectivity index (χ0v) is 12.1. The van der Waals surface area contributed by atoms with E-state index < -0.39 is 22.7 Å². The number of nitrogens with one attached hydrogen (secondary N) is 2. The third-order valence-electron chi connectivity index (χ3n) is 3.01. The Bertz CT molecular complexity index is 833. The summed E-state index contributed by atoms with van der Waals surface area (Å²) in [5.74, 6) is -2.89. The van der Waals surface area contributed by atoms with Crippen molar-refractivity contribution in [3.63, 3.8) is 0 Å². The molecule has 0 aliphatic rings. The molecule has 0 saturated heterocycles. The molecule has 0 aromatic heterocycles. The smallest absolute Gasteiger partial charge is 0.336 e. The van der Waals surface area contributed by atoms with Crippen molar-refractivity contribution in [1.82, 2.24) is 10.9 Å². The van der Waals surface area contributed by atoms with E-state index in [1.807, 2.05) is 0 Å². The van der Waals surface area contributed by atoms with Gasteiger partial charge in [0.25, 0.3) is 17.5 Å². The van der Waals surface area contributed by atoms with Gasteiger partial charge >= 0.3 is 5.97 Å². The van der Waals surface area contributed by atoms with Gasteiger partial charge in [-0.15, -0.1) is 0 Å². The Labute approximate surface area is 135 Å². The Morgan fingerprint density at radius 1 is 0.917 bits per heavy atom. The third-order valence-corrected chi connectivity index (χ3v) is 3.01. The predicted octanol–water partition coefficient (Wildman–Crippen LogP) is 1.37. The molecule has 24 heavy (non-hydrogen) atoms. The fraction of sp³-hybridized carbons (Fsp3) is 0. The van der Waals surface area contributed by atoms with Gasteiger partial charge in [-0.05, 0) is 18.2 Å². The molecule has 0 heterocycles. The van der Waals surface area contributed by atoms with E-state index in [-0.39, 0.29) is 22.4 Å². The van der Waals surface area contributed by atoms with Crippen LogP contribution >= 0.6 is 0 Å². The summed E-state index contributed by atoms with van der Waals surface area (Å²) >= 11 is 0. The zero-order chi connectivity index (χ0) is 17.7. The van der Waals surface area contributed by atoms with Crippen molar-refractivity contribution >= 4 is 23.5 Å². The molecule has 122 valence electrons. The third kappa shape index (κ3) is 3.71. The first-order chi connectivity index (χ1) is 11.4. The fourth-order valence-corrected chi connectivity index (χ4v) is 1.88. The van der Waals surface area contributed by atoms with Crippen LogP contribution in [0.5, 0.6) is 0 Å². The van der Waals surface area contributed by atoms with Gasteiger partial charge in [0.15, 0.2) is 0 Å². The number of hydrazine groups is 1. The van der Waals surface area contributed by atoms with Crippen LogP contribution in [0.4, 0.5) is 5.69 Å². The van der Waals surface area contributed by atoms with Crippen LogP contribution in [0, 0.1) is 10.1 Å². The van der Waals surface area contributed by atoms with E-state index in [9.17, 15) is 24.5 Å². The van der Waals surface area contributed by atoms with Gasteiger partial charge in [0.05, 0.1) is 16.1 Å². The molecule has 0 saturated carbocycles. The molecular formula is C15H11N3O6. The van der Waals surface area contributed by atoms with Gasteiger partial charge in [-0.3, -0.25) is 30.6 Å². The lowest BCUT2D eigenvalue weighted by atomic mass is 10.1. The Balaban J connectivity index is 2.09. The number of rotatable bonds is 4. The van der Waals surface area contributed by atoms with E-state index in [1.165, 1.54) is 42.5 Å². The summed E-state index contributed by atoms with van der Waals surface area (Å²) in [4.78, 5) is 45.0. The molecule has 0 bridgehead atoms. The molecule has 9 heteroatoms. The number of non-ortho nitro benzene ring substituents is 1. The van der Waals surface area contributed by atoms with Crippen LogP contribution in [0.1, 0.15) is 31.1 Å². The van der Waals surface area contributed by atoms with Crippen molar-refractivity contribution in [2.45, 2.75) is 0 Å². The predicted molar refractivity (Wildman–Crippen MR) is 81.4 cm³/mol. The highest BCUT2D eigenvalue weighted by atomic mass is 16.6. The van der Waals surface area contributed by atoms with E-state index in [0.717, 1.165) is 6.07 Å². The van der Waals surface area contributed by atoms with E-state index in [4.69, 9.17) is 5.11 Å². The van der Waals surface area contributed by atoms with E-state index in [1.54, 1.807) is 0 Å². The van der Waals surface area contributed by atoms with Crippen LogP contribution in [0.25, 0.3) is 0 Å². The maximum absolute atomic E-state index is 12.0. The summed E-state index contributed by atoms with van der Waals surface area (Å²) in [6.07, 6.45) is 0. The topological polar surface area (TPSA) is 139 Å². The Morgan fingerprint density at radius 3 is 2.17 bits per heavy atom. The fourth-order valence-electron chi connectivity index (χ4n) is 1.88. The maximum Gasteiger partial charge on any atom is 0.336 e. The van der Waals surface area contributed by atoms with Crippen molar-refractivity contribution in [2.75, 3.05) is 0 Å². The van der Waals surface area contributed by atoms with Gasteiger partial charge in [0.2, 0.25) is 0 Å². The molecule has 2 amide bonds. The molecule has 0 spiro atoms. The largest absolute Gasteiger partial charge is 0.478 e. The number of amides is 2. The molecule has 0 unspecified atom stereocenters. The Kier molecular flexibility index (Phi) is 4.85. The number of nitrogens with zero attached hydrogens (tertiary/aromatic N) is 1. The number of benzene rings is 2. The van der Waals surface area contributed by atoms with Gasteiger partial charge < -0.3 is 5.11 Å². The molecule has 0 atom stereocenters. The van der Waals surface area contributed by atoms with E-state index in [2.05, 4.69) is 10.9 Å². The van der Waals surface area contributed by atoms with Crippen molar-refractivity contribution in [3.05, 3.63) is 75.3 Å². The highest BCUT2D eigenvalue weighted by Gasteiger charge is 2.17. The van der Waals surface area contributed by atoms with Gasteiger partial charge in [-0.25, -0.2) is 4.79 Å². The molecule has 2 aromatic rings. The molecule has 0 radical (unpaired) electrons. The molecule has 0 aliphatic carbocycles. The summed E-state index contributed by atoms with van der Waals surface area (Å²) < 4.78 is 0. The maximum atomic E-state index is 12.0. The Morgan fingerprint density at radius 2 is 1.54 bits per heavy atom. The monoisotopic (exact) mass is 329 g/mol. The van der Waals surface area contributed by atoms with Gasteiger partial charge in [0.1, 0.15) is 0 Å². The standard InChI is InChI=1S/C15H11N3O6/c19-13(9-4-3-5-10(8-9)18(23)24)16-17-14(20)11-6-1-2-7-12(11)15(21)22/h1-8H,(H,16,19)(H,17,20)(H,21,22). The van der Waals surface area contributed by atoms with E-state index >= 15 is 0 Å². The van der Waals surface area contributed by atoms with Crippen LogP contribution in [-0.4, -0.2) is 27.8 Å². The van der Waals surface area contributed by atoms with Crippen LogP contribution < -0.4 is 10.9 Å². The minimum atomic E-state index is -1.29. The molecule has 2 aromatic carbocycles. The van der Waals surface area contributed by atoms with Gasteiger partial charge in [-0.1, -0.05) is 18.2 Å². The lowest BCUT2D eigenvalue weighted by Crippen LogP contribution is -2.42. The summed E-state index contributed by atoms with van der Waals surface area (Å²) in [7, 11) is 0. The van der Waals surface area contributed by atoms with Crippen LogP contribution in [0.15, 0.2) is 48.5 Å². The van der Waals surface area contributed by atoms with Crippen molar-refractivity contribution in [1.29, 1.82) is 0 Å². The second kappa shape index (κ2) is 7.01. The van der Waals surface area contributed by atoms with Crippen molar-refractivity contribution < 1.29 is 24.4 Å². The molecular weight excluding hydrogens is 318 g/mol. The number of carbonyl (C=O) groups is 3. The zero-order valence-electron chi connectivity index (χ0n) is 12.1. The number of hydrogen-bond acceptors (Lipinski definition) is 5. The molecule has 3 N–H and O–H groups in total. The highest BCUT2D eigenvalue weighted by molar-refractivity contribution is 6.05. The van der Waals surface area contributed by atoms with Crippen molar-refractivity contribution in [2.24, 2.45) is 0 Å². The number of carboxylic acids is 1. The lowest BCUT2D eigenvalue weighted by molar-refractivity contribution is -0.384. The second-order valence-corrected chi connectivity index (χ2v) is 4.57. The number of aromatic carboxylic acids is 1. The second-order valence-electron chi connectivity index (χ2n) is 4.57. The molecule has 2 rings (SSSR count). The molecule has 0 aliphatic heterocycles. The minimum Gasteiger partial charge on any atom is -0.478 e. The van der Waals surface area contributed by atoms with Crippen LogP contribution in [0.2, 0.25) is 0 Å². The quantitative estimate of drug-likeness (QED) is 0.572. The van der Waals surface area contributed by atoms with Crippen molar-refractivity contribution in [3.8, 4) is 0 Å². The first kappa shape index (κ1) is 16.6. The normalized spacial score (nSPS) is 9.83. The molecule has 9 nitrogen and oxygen atoms in total. The molecule has 0 fully saturated rings. The van der Waals surface area contributed by atoms with Crippen LogP contribution in [-0.2, 0) is 0 Å². The average Bonchev–Trinajstić information content (AvgIpc) is 2.59.